The average molecular weight is 267 g/mol. The molecule has 3 N–H and O–H groups in total. The zero-order valence-electron chi connectivity index (χ0n) is 9.46. The fourth-order valence-corrected chi connectivity index (χ4v) is 1.51. The lowest BCUT2D eigenvalue weighted by Gasteiger charge is -2.12. The first-order valence-corrected chi connectivity index (χ1v) is 4.68. The van der Waals surface area contributed by atoms with E-state index in [1.165, 1.54) is 6.29 Å². The van der Waals surface area contributed by atoms with Crippen molar-refractivity contribution in [3.63, 3.8) is 0 Å². The second-order valence-corrected chi connectivity index (χ2v) is 3.27. The first-order chi connectivity index (χ1) is 8.84. The minimum Gasteiger partial charge on any atom is -0.495 e. The molecule has 0 amide bonds. The summed E-state index contributed by atoms with van der Waals surface area (Å²) >= 11 is 0. The second kappa shape index (κ2) is 5.17. The Kier molecular flexibility index (Phi) is 3.85. The Morgan fingerprint density at radius 3 is 1.89 bits per heavy atom. The van der Waals surface area contributed by atoms with Gasteiger partial charge in [-0.2, -0.15) is 0 Å². The van der Waals surface area contributed by atoms with Crippen molar-refractivity contribution in [1.82, 2.24) is 0 Å². The van der Waals surface area contributed by atoms with Crippen LogP contribution in [0.15, 0.2) is 6.07 Å². The first kappa shape index (κ1) is 14.2. The van der Waals surface area contributed by atoms with E-state index in [0.29, 0.717) is 6.07 Å². The molecule has 8 nitrogen and oxygen atoms in total. The fourth-order valence-electron chi connectivity index (χ4n) is 1.51. The van der Waals surface area contributed by atoms with E-state index in [4.69, 9.17) is 15.3 Å². The molecule has 99 valence electrons. The maximum Gasteiger partial charge on any atom is 0.340 e. The molecule has 0 atom stereocenters. The number of hydrogen-bond donors (Lipinski definition) is 3. The molecule has 0 aliphatic heterocycles. The summed E-state index contributed by atoms with van der Waals surface area (Å²) < 4.78 is 4.64. The Morgan fingerprint density at radius 2 is 1.58 bits per heavy atom. The van der Waals surface area contributed by atoms with Crippen LogP contribution >= 0.6 is 0 Å². The van der Waals surface area contributed by atoms with E-state index < -0.39 is 45.9 Å². The number of carbonyl (C=O) groups excluding carboxylic acids is 1. The minimum absolute atomic E-state index is 0.608. The molecule has 1 radical (unpaired) electrons. The third-order valence-corrected chi connectivity index (χ3v) is 2.26. The lowest BCUT2D eigenvalue weighted by Crippen LogP contribution is -2.15. The largest absolute Gasteiger partial charge is 0.495 e. The molecule has 0 saturated carbocycles. The summed E-state index contributed by atoms with van der Waals surface area (Å²) in [6.45, 7) is 0. The summed E-state index contributed by atoms with van der Waals surface area (Å²) in [6.07, 6.45) is 1.18. The van der Waals surface area contributed by atoms with Crippen molar-refractivity contribution >= 4 is 24.2 Å². The molecule has 0 fully saturated rings. The molecule has 0 aliphatic rings. The Balaban J connectivity index is 3.92. The maximum atomic E-state index is 11.1. The molecule has 1 aromatic rings. The maximum absolute atomic E-state index is 11.1. The van der Waals surface area contributed by atoms with Gasteiger partial charge in [-0.25, -0.2) is 14.4 Å². The minimum atomic E-state index is -1.69. The monoisotopic (exact) mass is 267 g/mol. The van der Waals surface area contributed by atoms with Crippen LogP contribution in [-0.2, 0) is 4.79 Å². The summed E-state index contributed by atoms with van der Waals surface area (Å²) in [4.78, 5) is 43.7. The van der Waals surface area contributed by atoms with E-state index >= 15 is 0 Å². The zero-order chi connectivity index (χ0) is 14.7. The lowest BCUT2D eigenvalue weighted by molar-refractivity contribution is 0.0690. The smallest absolute Gasteiger partial charge is 0.340 e. The van der Waals surface area contributed by atoms with Crippen molar-refractivity contribution in [3.8, 4) is 5.75 Å². The Bertz CT molecular complexity index is 587. The van der Waals surface area contributed by atoms with Crippen molar-refractivity contribution < 1.29 is 39.2 Å². The van der Waals surface area contributed by atoms with Crippen molar-refractivity contribution in [2.45, 2.75) is 0 Å². The normalized spacial score (nSPS) is 9.74. The third-order valence-electron chi connectivity index (χ3n) is 2.26. The van der Waals surface area contributed by atoms with Crippen molar-refractivity contribution in [3.05, 3.63) is 28.3 Å². The highest BCUT2D eigenvalue weighted by molar-refractivity contribution is 6.10. The van der Waals surface area contributed by atoms with Gasteiger partial charge in [0.15, 0.2) is 0 Å². The van der Waals surface area contributed by atoms with Gasteiger partial charge in [0.25, 0.3) is 0 Å². The molecule has 1 rings (SSSR count). The number of rotatable bonds is 5. The van der Waals surface area contributed by atoms with Crippen LogP contribution < -0.4 is 4.74 Å². The third kappa shape index (κ3) is 2.37. The summed E-state index contributed by atoms with van der Waals surface area (Å²) in [7, 11) is 1.00. The van der Waals surface area contributed by atoms with Crippen LogP contribution in [0.3, 0.4) is 0 Å². The van der Waals surface area contributed by atoms with Gasteiger partial charge in [-0.15, -0.1) is 0 Å². The summed E-state index contributed by atoms with van der Waals surface area (Å²) in [5, 5.41) is 26.8. The molecule has 0 unspecified atom stereocenters. The van der Waals surface area contributed by atoms with E-state index in [9.17, 15) is 19.2 Å². The van der Waals surface area contributed by atoms with Crippen LogP contribution in [0.1, 0.15) is 36.6 Å². The number of ether oxygens (including phenoxy) is 1. The molecule has 0 aliphatic carbocycles. The summed E-state index contributed by atoms with van der Waals surface area (Å²) in [5.41, 5.74) is -3.07. The van der Waals surface area contributed by atoms with Gasteiger partial charge in [0.2, 0.25) is 6.29 Å². The van der Waals surface area contributed by atoms with E-state index in [1.807, 2.05) is 0 Å². The van der Waals surface area contributed by atoms with Gasteiger partial charge in [-0.3, -0.25) is 4.79 Å². The predicted octanol–water partition coefficient (Wildman–Crippen LogP) is 0.248. The van der Waals surface area contributed by atoms with Gasteiger partial charge in [-0.1, -0.05) is 0 Å². The summed E-state index contributed by atoms with van der Waals surface area (Å²) in [6, 6.07) is 0.649. The number of carboxylic acids is 3. The molecule has 8 heteroatoms. The molecule has 0 aromatic heterocycles. The first-order valence-electron chi connectivity index (χ1n) is 4.68. The van der Waals surface area contributed by atoms with E-state index in [0.717, 1.165) is 7.11 Å². The topological polar surface area (TPSA) is 138 Å². The standard InChI is InChI=1S/C11H7O8/c1-19-8-5(10(15)16)2-4(9(13)14)6(3-12)7(8)11(17)18/h2H,1H3,(H,13,14)(H,15,16)(H,17,18). The number of aromatic carboxylic acids is 3. The zero-order valence-corrected chi connectivity index (χ0v) is 9.46. The number of carbonyl (C=O) groups is 3. The fraction of sp³-hybridized carbons (Fsp3) is 0.0909. The lowest BCUT2D eigenvalue weighted by atomic mass is 9.96. The highest BCUT2D eigenvalue weighted by atomic mass is 16.5. The van der Waals surface area contributed by atoms with Crippen molar-refractivity contribution in [1.29, 1.82) is 0 Å². The van der Waals surface area contributed by atoms with Crippen molar-refractivity contribution in [2.24, 2.45) is 0 Å². The van der Waals surface area contributed by atoms with Gasteiger partial charge in [-0.05, 0) is 6.07 Å². The van der Waals surface area contributed by atoms with Crippen molar-refractivity contribution in [2.75, 3.05) is 7.11 Å². The van der Waals surface area contributed by atoms with Crippen LogP contribution in [0.2, 0.25) is 0 Å². The molecular weight excluding hydrogens is 260 g/mol. The van der Waals surface area contributed by atoms with E-state index in [2.05, 4.69) is 4.74 Å². The van der Waals surface area contributed by atoms with Crippen LogP contribution in [0.4, 0.5) is 0 Å². The van der Waals surface area contributed by atoms with Gasteiger partial charge in [0.1, 0.15) is 16.9 Å². The highest BCUT2D eigenvalue weighted by Crippen LogP contribution is 2.29. The average Bonchev–Trinajstić information content (AvgIpc) is 2.35. The van der Waals surface area contributed by atoms with Crippen LogP contribution in [0.5, 0.6) is 5.75 Å². The summed E-state index contributed by atoms with van der Waals surface area (Å²) in [5.74, 6) is -5.53. The molecule has 0 bridgehead atoms. The van der Waals surface area contributed by atoms with Gasteiger partial charge < -0.3 is 20.1 Å². The predicted molar refractivity (Wildman–Crippen MR) is 58.7 cm³/mol. The SMILES string of the molecule is COc1c(C(=O)O)cc(C(=O)O)c([C]=O)c1C(=O)O. The molecular formula is C11H7O8. The Hall–Kier alpha value is -2.90. The highest BCUT2D eigenvalue weighted by Gasteiger charge is 2.29. The quantitative estimate of drug-likeness (QED) is 0.689. The van der Waals surface area contributed by atoms with E-state index in [1.54, 1.807) is 0 Å². The molecule has 0 spiro atoms. The van der Waals surface area contributed by atoms with Crippen LogP contribution in [-0.4, -0.2) is 46.6 Å². The Morgan fingerprint density at radius 1 is 1.05 bits per heavy atom. The van der Waals surface area contributed by atoms with Gasteiger partial charge in [0.05, 0.1) is 18.2 Å². The second-order valence-electron chi connectivity index (χ2n) is 3.27. The molecule has 1 aromatic carbocycles. The molecule has 0 saturated heterocycles. The van der Waals surface area contributed by atoms with Crippen LogP contribution in [0.25, 0.3) is 0 Å². The van der Waals surface area contributed by atoms with E-state index in [-0.39, 0.29) is 0 Å². The number of carboxylic acid groups (broad SMARTS) is 3. The number of methoxy groups -OCH3 is 1. The number of hydrogen-bond acceptors (Lipinski definition) is 5. The molecule has 19 heavy (non-hydrogen) atoms. The van der Waals surface area contributed by atoms with Gasteiger partial charge >= 0.3 is 17.9 Å². The number of benzene rings is 1. The van der Waals surface area contributed by atoms with Crippen LogP contribution in [0, 0.1) is 0 Å². The van der Waals surface area contributed by atoms with Gasteiger partial charge in [0, 0.05) is 0 Å². The Labute approximate surface area is 105 Å². The molecule has 0 heterocycles.